The SMILES string of the molecule is Cc1cccc[c]1[Ge]([OH])([c]1ccccc1C)[c]1ccccc1C. The Kier molecular flexibility index (Phi) is 4.42. The van der Waals surface area contributed by atoms with Crippen LogP contribution in [0.4, 0.5) is 0 Å². The molecule has 3 aromatic carbocycles. The van der Waals surface area contributed by atoms with Gasteiger partial charge in [-0.15, -0.1) is 0 Å². The first-order valence-corrected chi connectivity index (χ1v) is 12.0. The van der Waals surface area contributed by atoms with Crippen molar-refractivity contribution < 1.29 is 4.13 Å². The van der Waals surface area contributed by atoms with Crippen LogP contribution in [0.1, 0.15) is 16.7 Å². The van der Waals surface area contributed by atoms with Gasteiger partial charge in [0.25, 0.3) is 0 Å². The third-order valence-electron chi connectivity index (χ3n) is 4.60. The minimum absolute atomic E-state index is 1.12. The molecule has 1 nitrogen and oxygen atoms in total. The number of hydrogen-bond donors (Lipinski definition) is 1. The summed E-state index contributed by atoms with van der Waals surface area (Å²) in [6.07, 6.45) is 0. The van der Waals surface area contributed by atoms with Crippen LogP contribution in [0.25, 0.3) is 0 Å². The molecule has 1 N–H and O–H groups in total. The third kappa shape index (κ3) is 2.75. The average Bonchev–Trinajstić information content (AvgIpc) is 2.55. The van der Waals surface area contributed by atoms with Crippen LogP contribution in [0.3, 0.4) is 0 Å². The number of aryl methyl sites for hydroxylation is 3. The van der Waals surface area contributed by atoms with Gasteiger partial charge in [-0.1, -0.05) is 0 Å². The summed E-state index contributed by atoms with van der Waals surface area (Å²) < 4.78 is 15.5. The Morgan fingerprint density at radius 2 is 0.783 bits per heavy atom. The fourth-order valence-electron chi connectivity index (χ4n) is 3.37. The molecule has 0 atom stereocenters. The van der Waals surface area contributed by atoms with Crippen molar-refractivity contribution in [1.29, 1.82) is 0 Å². The summed E-state index contributed by atoms with van der Waals surface area (Å²) >= 11 is -3.66. The Labute approximate surface area is 141 Å². The van der Waals surface area contributed by atoms with Crippen molar-refractivity contribution in [3.05, 3.63) is 89.5 Å². The fourth-order valence-corrected chi connectivity index (χ4v) is 11.4. The second kappa shape index (κ2) is 6.34. The van der Waals surface area contributed by atoms with Crippen molar-refractivity contribution in [2.45, 2.75) is 20.8 Å². The second-order valence-corrected chi connectivity index (χ2v) is 12.5. The first kappa shape index (κ1) is 16.0. The van der Waals surface area contributed by atoms with Crippen LogP contribution in [0.15, 0.2) is 72.8 Å². The molecule has 0 aliphatic carbocycles. The normalized spacial score (nSPS) is 11.5. The molecule has 23 heavy (non-hydrogen) atoms. The maximum absolute atomic E-state index is 12.2. The molecule has 2 heteroatoms. The van der Waals surface area contributed by atoms with Crippen LogP contribution in [-0.4, -0.2) is 17.7 Å². The molecule has 0 heterocycles. The molecule has 0 aromatic heterocycles. The molecule has 0 aliphatic heterocycles. The van der Waals surface area contributed by atoms with Crippen molar-refractivity contribution in [2.24, 2.45) is 0 Å². The van der Waals surface area contributed by atoms with Gasteiger partial charge in [-0.25, -0.2) is 0 Å². The van der Waals surface area contributed by atoms with Crippen LogP contribution in [-0.2, 0) is 0 Å². The number of hydrogen-bond acceptors (Lipinski definition) is 1. The molecule has 0 saturated carbocycles. The third-order valence-corrected chi connectivity index (χ3v) is 13.0. The van der Waals surface area contributed by atoms with E-state index in [1.54, 1.807) is 0 Å². The molecule has 0 amide bonds. The molecule has 0 unspecified atom stereocenters. The molecule has 3 aromatic rings. The molecule has 0 saturated heterocycles. The maximum atomic E-state index is 12.2. The van der Waals surface area contributed by atoms with E-state index in [9.17, 15) is 4.13 Å². The van der Waals surface area contributed by atoms with Gasteiger partial charge in [-0.2, -0.15) is 0 Å². The summed E-state index contributed by atoms with van der Waals surface area (Å²) in [7, 11) is 0. The monoisotopic (exact) mass is 364 g/mol. The zero-order chi connectivity index (χ0) is 16.4. The summed E-state index contributed by atoms with van der Waals surface area (Å²) in [6.45, 7) is 6.30. The van der Waals surface area contributed by atoms with E-state index >= 15 is 0 Å². The molecule has 0 bridgehead atoms. The summed E-state index contributed by atoms with van der Waals surface area (Å²) in [5.74, 6) is 0. The first-order chi connectivity index (χ1) is 11.0. The first-order valence-electron chi connectivity index (χ1n) is 7.96. The van der Waals surface area contributed by atoms with E-state index in [0.29, 0.717) is 0 Å². The second-order valence-electron chi connectivity index (χ2n) is 6.16. The Balaban J connectivity index is 2.38. The van der Waals surface area contributed by atoms with Crippen LogP contribution in [0.5, 0.6) is 0 Å². The number of rotatable bonds is 3. The van der Waals surface area contributed by atoms with Crippen LogP contribution >= 0.6 is 0 Å². The van der Waals surface area contributed by atoms with Crippen molar-refractivity contribution in [3.63, 3.8) is 0 Å². The summed E-state index contributed by atoms with van der Waals surface area (Å²) in [6, 6.07) is 24.8. The van der Waals surface area contributed by atoms with E-state index in [1.165, 1.54) is 16.7 Å². The molecule has 0 spiro atoms. The topological polar surface area (TPSA) is 20.2 Å². The molecule has 0 fully saturated rings. The van der Waals surface area contributed by atoms with Crippen LogP contribution in [0, 0.1) is 20.8 Å². The standard InChI is InChI=1S/C21H22GeO/c1-16-10-4-7-13-19(16)22(23,20-14-8-5-11-17(20)2)21-15-9-6-12-18(21)3/h4-15,23H,1-3H3. The number of benzene rings is 3. The van der Waals surface area contributed by atoms with Gasteiger partial charge in [0.15, 0.2) is 0 Å². The average molecular weight is 363 g/mol. The van der Waals surface area contributed by atoms with Crippen LogP contribution in [0.2, 0.25) is 0 Å². The van der Waals surface area contributed by atoms with Gasteiger partial charge < -0.3 is 0 Å². The van der Waals surface area contributed by atoms with Crippen molar-refractivity contribution in [3.8, 4) is 0 Å². The van der Waals surface area contributed by atoms with E-state index in [1.807, 2.05) is 36.4 Å². The van der Waals surface area contributed by atoms with Crippen molar-refractivity contribution in [1.82, 2.24) is 0 Å². The molecule has 116 valence electrons. The molecule has 0 aliphatic rings. The van der Waals surface area contributed by atoms with Gasteiger partial charge in [0.05, 0.1) is 0 Å². The molecular weight excluding hydrogens is 341 g/mol. The van der Waals surface area contributed by atoms with Gasteiger partial charge in [0.1, 0.15) is 0 Å². The fraction of sp³-hybridized carbons (Fsp3) is 0.143. The molecule has 3 rings (SSSR count). The van der Waals surface area contributed by atoms with Gasteiger partial charge in [0.2, 0.25) is 0 Å². The Hall–Kier alpha value is -1.84. The molecular formula is C21H22GeO. The van der Waals surface area contributed by atoms with E-state index in [2.05, 4.69) is 57.2 Å². The van der Waals surface area contributed by atoms with Gasteiger partial charge >= 0.3 is 141 Å². The van der Waals surface area contributed by atoms with Gasteiger partial charge in [0, 0.05) is 0 Å². The van der Waals surface area contributed by atoms with Gasteiger partial charge in [-0.05, 0) is 0 Å². The van der Waals surface area contributed by atoms with Crippen molar-refractivity contribution >= 4 is 26.8 Å². The van der Waals surface area contributed by atoms with Gasteiger partial charge in [-0.3, -0.25) is 0 Å². The van der Waals surface area contributed by atoms with Crippen molar-refractivity contribution in [2.75, 3.05) is 0 Å². The van der Waals surface area contributed by atoms with E-state index < -0.39 is 13.6 Å². The van der Waals surface area contributed by atoms with E-state index in [-0.39, 0.29) is 0 Å². The zero-order valence-corrected chi connectivity index (χ0v) is 16.0. The molecule has 0 radical (unpaired) electrons. The Bertz CT molecular complexity index is 728. The predicted octanol–water partition coefficient (Wildman–Crippen LogP) is 2.57. The predicted molar refractivity (Wildman–Crippen MR) is 100 cm³/mol. The van der Waals surface area contributed by atoms with Crippen LogP contribution < -0.4 is 13.2 Å². The quantitative estimate of drug-likeness (QED) is 0.710. The summed E-state index contributed by atoms with van der Waals surface area (Å²) in [5, 5.41) is 0. The van der Waals surface area contributed by atoms with E-state index in [4.69, 9.17) is 0 Å². The summed E-state index contributed by atoms with van der Waals surface area (Å²) in [4.78, 5) is 0. The Morgan fingerprint density at radius 3 is 1.04 bits per heavy atom. The summed E-state index contributed by atoms with van der Waals surface area (Å²) in [5.41, 5.74) is 3.50. The Morgan fingerprint density at radius 1 is 0.522 bits per heavy atom. The van der Waals surface area contributed by atoms with E-state index in [0.717, 1.165) is 13.2 Å². The zero-order valence-electron chi connectivity index (χ0n) is 13.9. The minimum atomic E-state index is -3.66.